The van der Waals surface area contributed by atoms with Crippen molar-refractivity contribution in [2.24, 2.45) is 5.14 Å². The van der Waals surface area contributed by atoms with E-state index in [4.69, 9.17) is 40.6 Å². The van der Waals surface area contributed by atoms with E-state index in [1.807, 2.05) is 0 Å². The molecule has 5 N–H and O–H groups in total. The van der Waals surface area contributed by atoms with Crippen LogP contribution in [0.25, 0.3) is 0 Å². The third-order valence-corrected chi connectivity index (χ3v) is 5.92. The van der Waals surface area contributed by atoms with E-state index >= 15 is 0 Å². The molecule has 0 radical (unpaired) electrons. The zero-order chi connectivity index (χ0) is 16.5. The molecule has 0 bridgehead atoms. The summed E-state index contributed by atoms with van der Waals surface area (Å²) >= 11 is 17.7. The smallest absolute Gasteiger partial charge is 0.251 e. The summed E-state index contributed by atoms with van der Waals surface area (Å²) in [6.45, 7) is 0. The number of anilines is 2. The van der Waals surface area contributed by atoms with Gasteiger partial charge < -0.3 is 15.7 Å². The summed E-state index contributed by atoms with van der Waals surface area (Å²) in [6, 6.07) is 4.96. The maximum Gasteiger partial charge on any atom is 0.251 e. The fourth-order valence-corrected chi connectivity index (χ4v) is 3.75. The van der Waals surface area contributed by atoms with Crippen molar-refractivity contribution in [3.05, 3.63) is 33.6 Å². The van der Waals surface area contributed by atoms with Crippen LogP contribution >= 0.6 is 46.8 Å². The second-order valence-electron chi connectivity index (χ2n) is 4.01. The predicted octanol–water partition coefficient (Wildman–Crippen LogP) is 3.22. The van der Waals surface area contributed by atoms with E-state index in [0.29, 0.717) is 10.7 Å². The first-order chi connectivity index (χ1) is 10.2. The molecular weight excluding hydrogens is 389 g/mol. The lowest BCUT2D eigenvalue weighted by atomic mass is 10.3. The standard InChI is InChI=1S/C11H9Cl2N3O3S3/c12-5-2-1-3-6(8(5)13)15-11(20)16-7-4-21-10(9(7)17)22(14,18)19/h1-4,17H,(H2,14,18,19)(H2,15,16,20). The number of hydrogen-bond acceptors (Lipinski definition) is 5. The van der Waals surface area contributed by atoms with Crippen molar-refractivity contribution in [3.63, 3.8) is 0 Å². The van der Waals surface area contributed by atoms with Crippen LogP contribution in [0.5, 0.6) is 5.75 Å². The Morgan fingerprint density at radius 3 is 2.50 bits per heavy atom. The van der Waals surface area contributed by atoms with Crippen molar-refractivity contribution in [2.75, 3.05) is 10.6 Å². The highest BCUT2D eigenvalue weighted by atomic mass is 35.5. The molecule has 0 saturated heterocycles. The molecule has 0 spiro atoms. The van der Waals surface area contributed by atoms with Gasteiger partial charge in [0.05, 0.1) is 21.4 Å². The summed E-state index contributed by atoms with van der Waals surface area (Å²) in [5.74, 6) is -0.492. The highest BCUT2D eigenvalue weighted by Gasteiger charge is 2.20. The minimum atomic E-state index is -3.99. The van der Waals surface area contributed by atoms with Crippen LogP contribution in [-0.2, 0) is 10.0 Å². The normalized spacial score (nSPS) is 11.2. The monoisotopic (exact) mass is 397 g/mol. The fraction of sp³-hybridized carbons (Fsp3) is 0. The summed E-state index contributed by atoms with van der Waals surface area (Å²) in [5.41, 5.74) is 0.581. The first-order valence-electron chi connectivity index (χ1n) is 5.55. The van der Waals surface area contributed by atoms with Crippen molar-refractivity contribution >= 4 is 73.3 Å². The molecule has 0 fully saturated rings. The number of aromatic hydroxyl groups is 1. The van der Waals surface area contributed by atoms with Gasteiger partial charge in [-0.2, -0.15) is 0 Å². The minimum absolute atomic E-state index is 0.0956. The summed E-state index contributed by atoms with van der Waals surface area (Å²) < 4.78 is 22.1. The first-order valence-corrected chi connectivity index (χ1v) is 9.14. The quantitative estimate of drug-likeness (QED) is 0.592. The van der Waals surface area contributed by atoms with Crippen LogP contribution in [0.3, 0.4) is 0 Å². The van der Waals surface area contributed by atoms with Crippen LogP contribution in [0.2, 0.25) is 10.0 Å². The van der Waals surface area contributed by atoms with Gasteiger partial charge in [0.1, 0.15) is 0 Å². The molecule has 2 aromatic rings. The number of sulfonamides is 1. The first kappa shape index (κ1) is 17.3. The Kier molecular flexibility index (Phi) is 5.15. The van der Waals surface area contributed by atoms with Crippen LogP contribution in [-0.4, -0.2) is 18.6 Å². The van der Waals surface area contributed by atoms with Gasteiger partial charge in [0.2, 0.25) is 0 Å². The molecule has 1 aromatic heterocycles. The van der Waals surface area contributed by atoms with Gasteiger partial charge >= 0.3 is 0 Å². The van der Waals surface area contributed by atoms with Crippen molar-refractivity contribution in [2.45, 2.75) is 4.21 Å². The maximum absolute atomic E-state index is 11.2. The zero-order valence-electron chi connectivity index (χ0n) is 10.6. The van der Waals surface area contributed by atoms with Gasteiger partial charge in [-0.25, -0.2) is 13.6 Å². The van der Waals surface area contributed by atoms with Crippen LogP contribution in [0.4, 0.5) is 11.4 Å². The second-order valence-corrected chi connectivity index (χ2v) is 7.84. The average molecular weight is 398 g/mol. The summed E-state index contributed by atoms with van der Waals surface area (Å²) in [6.07, 6.45) is 0. The highest BCUT2D eigenvalue weighted by molar-refractivity contribution is 7.91. The summed E-state index contributed by atoms with van der Waals surface area (Å²) in [4.78, 5) is 0. The minimum Gasteiger partial charge on any atom is -0.504 e. The van der Waals surface area contributed by atoms with Crippen LogP contribution in [0.1, 0.15) is 0 Å². The molecule has 0 aliphatic rings. The molecular formula is C11H9Cl2N3O3S3. The molecule has 2 rings (SSSR count). The molecule has 0 saturated carbocycles. The summed E-state index contributed by atoms with van der Waals surface area (Å²) in [7, 11) is -3.99. The van der Waals surface area contributed by atoms with Gasteiger partial charge in [-0.15, -0.1) is 11.3 Å². The molecule has 22 heavy (non-hydrogen) atoms. The molecule has 0 aliphatic heterocycles. The van der Waals surface area contributed by atoms with Crippen molar-refractivity contribution < 1.29 is 13.5 Å². The van der Waals surface area contributed by atoms with Crippen molar-refractivity contribution in [1.82, 2.24) is 0 Å². The molecule has 118 valence electrons. The van der Waals surface area contributed by atoms with E-state index in [9.17, 15) is 13.5 Å². The largest absolute Gasteiger partial charge is 0.504 e. The highest BCUT2D eigenvalue weighted by Crippen LogP contribution is 2.37. The number of primary sulfonamides is 1. The zero-order valence-corrected chi connectivity index (χ0v) is 14.6. The Morgan fingerprint density at radius 2 is 1.91 bits per heavy atom. The van der Waals surface area contributed by atoms with E-state index in [-0.39, 0.29) is 20.0 Å². The maximum atomic E-state index is 11.2. The van der Waals surface area contributed by atoms with Crippen molar-refractivity contribution in [1.29, 1.82) is 0 Å². The Morgan fingerprint density at radius 1 is 1.27 bits per heavy atom. The van der Waals surface area contributed by atoms with Gasteiger partial charge in [-0.3, -0.25) is 0 Å². The number of thiophene rings is 1. The van der Waals surface area contributed by atoms with E-state index < -0.39 is 15.8 Å². The topological polar surface area (TPSA) is 104 Å². The van der Waals surface area contributed by atoms with Gasteiger partial charge in [-0.05, 0) is 24.4 Å². The third kappa shape index (κ3) is 3.80. The number of rotatable bonds is 3. The molecule has 0 atom stereocenters. The lowest BCUT2D eigenvalue weighted by Crippen LogP contribution is -2.19. The van der Waals surface area contributed by atoms with Gasteiger partial charge in [0.15, 0.2) is 15.1 Å². The predicted molar refractivity (Wildman–Crippen MR) is 93.7 cm³/mol. The molecule has 0 aliphatic carbocycles. The van der Waals surface area contributed by atoms with Crippen LogP contribution in [0.15, 0.2) is 27.8 Å². The van der Waals surface area contributed by atoms with E-state index in [1.165, 1.54) is 5.38 Å². The van der Waals surface area contributed by atoms with Crippen molar-refractivity contribution in [3.8, 4) is 5.75 Å². The Balaban J connectivity index is 2.17. The molecule has 0 amide bonds. The molecule has 1 heterocycles. The number of thiocarbonyl (C=S) groups is 1. The molecule has 0 unspecified atom stereocenters. The lowest BCUT2D eigenvalue weighted by molar-refractivity contribution is 0.466. The Hall–Kier alpha value is -1.10. The SMILES string of the molecule is NS(=O)(=O)c1scc(NC(=S)Nc2cccc(Cl)c2Cl)c1O. The van der Waals surface area contributed by atoms with Gasteiger partial charge in [-0.1, -0.05) is 29.3 Å². The van der Waals surface area contributed by atoms with E-state index in [0.717, 1.165) is 11.3 Å². The second kappa shape index (κ2) is 6.57. The number of nitrogens with one attached hydrogen (secondary N) is 2. The van der Waals surface area contributed by atoms with Gasteiger partial charge in [0, 0.05) is 5.38 Å². The Labute approximate surface area is 145 Å². The van der Waals surface area contributed by atoms with Crippen LogP contribution in [0, 0.1) is 0 Å². The van der Waals surface area contributed by atoms with Crippen LogP contribution < -0.4 is 15.8 Å². The van der Waals surface area contributed by atoms with Gasteiger partial charge in [0.25, 0.3) is 10.0 Å². The number of benzene rings is 1. The molecule has 1 aromatic carbocycles. The fourth-order valence-electron chi connectivity index (χ4n) is 1.50. The number of nitrogens with two attached hydrogens (primary N) is 1. The van der Waals surface area contributed by atoms with E-state index in [1.54, 1.807) is 18.2 Å². The van der Waals surface area contributed by atoms with E-state index in [2.05, 4.69) is 10.6 Å². The Bertz CT molecular complexity index is 836. The number of hydrogen-bond donors (Lipinski definition) is 4. The lowest BCUT2D eigenvalue weighted by Gasteiger charge is -2.11. The third-order valence-electron chi connectivity index (χ3n) is 2.44. The number of halogens is 2. The molecule has 6 nitrogen and oxygen atoms in total. The average Bonchev–Trinajstić information content (AvgIpc) is 2.76. The molecule has 11 heteroatoms. The summed E-state index contributed by atoms with van der Waals surface area (Å²) in [5, 5.41) is 22.4.